The maximum atomic E-state index is 12.2. The third kappa shape index (κ3) is 3.23. The van der Waals surface area contributed by atoms with E-state index in [0.717, 1.165) is 47.9 Å². The highest BCUT2D eigenvalue weighted by Crippen LogP contribution is 2.34. The van der Waals surface area contributed by atoms with Gasteiger partial charge in [-0.25, -0.2) is 0 Å². The Balaban J connectivity index is 2.02. The molecule has 0 aromatic rings. The normalized spacial score (nSPS) is 26.4. The Hall–Kier alpha value is -0.610. The molecule has 0 radical (unpaired) electrons. The molecule has 2 aliphatic rings. The molecule has 1 atom stereocenters. The fourth-order valence-corrected chi connectivity index (χ4v) is 3.58. The lowest BCUT2D eigenvalue weighted by Crippen LogP contribution is -2.29. The Morgan fingerprint density at radius 1 is 1.56 bits per heavy atom. The van der Waals surface area contributed by atoms with Crippen LogP contribution >= 0.6 is 24.0 Å². The highest BCUT2D eigenvalue weighted by Gasteiger charge is 2.31. The van der Waals surface area contributed by atoms with E-state index < -0.39 is 0 Å². The standard InChI is InChI=1S/C14H19NOS2/c1-2-3-9-15-13(16)12(18-14(15)17)10-11-7-5-4-6-8-11/h4-5,10-11H,2-3,6-9H2,1H3. The molecule has 1 aliphatic carbocycles. The second-order valence-corrected chi connectivity index (χ2v) is 6.43. The molecule has 2 rings (SSSR count). The predicted octanol–water partition coefficient (Wildman–Crippen LogP) is 3.89. The van der Waals surface area contributed by atoms with E-state index in [1.54, 1.807) is 4.90 Å². The first-order chi connectivity index (χ1) is 8.72. The van der Waals surface area contributed by atoms with Gasteiger partial charge in [0.05, 0.1) is 4.91 Å². The summed E-state index contributed by atoms with van der Waals surface area (Å²) in [6.07, 6.45) is 12.0. The fraction of sp³-hybridized carbons (Fsp3) is 0.571. The third-order valence-corrected chi connectivity index (χ3v) is 4.70. The Bertz CT molecular complexity index is 401. The van der Waals surface area contributed by atoms with Gasteiger partial charge in [0.1, 0.15) is 4.32 Å². The molecule has 0 N–H and O–H groups in total. The van der Waals surface area contributed by atoms with Crippen LogP contribution in [0.2, 0.25) is 0 Å². The van der Waals surface area contributed by atoms with Gasteiger partial charge in [0.25, 0.3) is 5.91 Å². The van der Waals surface area contributed by atoms with Gasteiger partial charge >= 0.3 is 0 Å². The van der Waals surface area contributed by atoms with Gasteiger partial charge in [-0.1, -0.05) is 55.6 Å². The number of carbonyl (C=O) groups is 1. The van der Waals surface area contributed by atoms with E-state index >= 15 is 0 Å². The number of allylic oxidation sites excluding steroid dienone is 3. The van der Waals surface area contributed by atoms with Crippen molar-refractivity contribution in [2.24, 2.45) is 5.92 Å². The van der Waals surface area contributed by atoms with Crippen LogP contribution in [-0.2, 0) is 4.79 Å². The van der Waals surface area contributed by atoms with Crippen molar-refractivity contribution in [3.05, 3.63) is 23.1 Å². The number of carbonyl (C=O) groups excluding carboxylic acids is 1. The molecule has 1 aliphatic heterocycles. The van der Waals surface area contributed by atoms with Gasteiger partial charge in [-0.3, -0.25) is 9.69 Å². The van der Waals surface area contributed by atoms with Crippen molar-refractivity contribution in [3.63, 3.8) is 0 Å². The minimum Gasteiger partial charge on any atom is -0.293 e. The molecule has 1 amide bonds. The first-order valence-corrected chi connectivity index (χ1v) is 7.85. The van der Waals surface area contributed by atoms with E-state index in [0.29, 0.717) is 5.92 Å². The quantitative estimate of drug-likeness (QED) is 0.443. The van der Waals surface area contributed by atoms with Crippen LogP contribution in [-0.4, -0.2) is 21.7 Å². The highest BCUT2D eigenvalue weighted by atomic mass is 32.2. The van der Waals surface area contributed by atoms with Gasteiger partial charge in [-0.05, 0) is 31.6 Å². The first-order valence-electron chi connectivity index (χ1n) is 6.63. The minimum atomic E-state index is 0.119. The summed E-state index contributed by atoms with van der Waals surface area (Å²) in [5, 5.41) is 0. The van der Waals surface area contributed by atoms with Crippen LogP contribution in [0, 0.1) is 5.92 Å². The van der Waals surface area contributed by atoms with Crippen LogP contribution in [0.5, 0.6) is 0 Å². The number of amides is 1. The number of rotatable bonds is 4. The average Bonchev–Trinajstić information content (AvgIpc) is 2.64. The van der Waals surface area contributed by atoms with Gasteiger partial charge in [-0.15, -0.1) is 0 Å². The summed E-state index contributed by atoms with van der Waals surface area (Å²) >= 11 is 6.76. The number of hydrogen-bond donors (Lipinski definition) is 0. The summed E-state index contributed by atoms with van der Waals surface area (Å²) < 4.78 is 0.728. The highest BCUT2D eigenvalue weighted by molar-refractivity contribution is 8.26. The molecule has 4 heteroatoms. The smallest absolute Gasteiger partial charge is 0.265 e. The molecule has 0 aromatic carbocycles. The Labute approximate surface area is 118 Å². The largest absolute Gasteiger partial charge is 0.293 e. The van der Waals surface area contributed by atoms with Crippen molar-refractivity contribution < 1.29 is 4.79 Å². The monoisotopic (exact) mass is 281 g/mol. The molecule has 98 valence electrons. The molecule has 0 saturated carbocycles. The molecule has 1 fully saturated rings. The number of unbranched alkanes of at least 4 members (excludes halogenated alkanes) is 1. The second kappa shape index (κ2) is 6.53. The fourth-order valence-electron chi connectivity index (χ4n) is 2.21. The zero-order valence-corrected chi connectivity index (χ0v) is 12.4. The van der Waals surface area contributed by atoms with E-state index in [1.807, 2.05) is 0 Å². The molecule has 1 heterocycles. The van der Waals surface area contributed by atoms with E-state index in [9.17, 15) is 4.79 Å². The molecule has 0 spiro atoms. The summed E-state index contributed by atoms with van der Waals surface area (Å²) in [6, 6.07) is 0. The number of hydrogen-bond acceptors (Lipinski definition) is 3. The van der Waals surface area contributed by atoms with Gasteiger partial charge in [-0.2, -0.15) is 0 Å². The molecule has 0 bridgehead atoms. The van der Waals surface area contributed by atoms with Crippen molar-refractivity contribution in [2.45, 2.75) is 39.0 Å². The zero-order valence-electron chi connectivity index (χ0n) is 10.7. The Kier molecular flexibility index (Phi) is 5.01. The van der Waals surface area contributed by atoms with Crippen molar-refractivity contribution >= 4 is 34.2 Å². The zero-order chi connectivity index (χ0) is 13.0. The maximum absolute atomic E-state index is 12.2. The van der Waals surface area contributed by atoms with Crippen LogP contribution in [0.25, 0.3) is 0 Å². The van der Waals surface area contributed by atoms with Crippen molar-refractivity contribution in [1.29, 1.82) is 0 Å². The van der Waals surface area contributed by atoms with Crippen molar-refractivity contribution in [1.82, 2.24) is 4.90 Å². The molecule has 1 saturated heterocycles. The van der Waals surface area contributed by atoms with E-state index in [4.69, 9.17) is 12.2 Å². The molecular formula is C14H19NOS2. The number of thiocarbonyl (C=S) groups is 1. The summed E-state index contributed by atoms with van der Waals surface area (Å²) in [4.78, 5) is 14.8. The lowest BCUT2D eigenvalue weighted by molar-refractivity contribution is -0.122. The minimum absolute atomic E-state index is 0.119. The lowest BCUT2D eigenvalue weighted by atomic mass is 9.94. The summed E-state index contributed by atoms with van der Waals surface area (Å²) in [7, 11) is 0. The Morgan fingerprint density at radius 3 is 3.06 bits per heavy atom. The number of thioether (sulfide) groups is 1. The van der Waals surface area contributed by atoms with Crippen LogP contribution in [0.4, 0.5) is 0 Å². The first kappa shape index (κ1) is 13.8. The van der Waals surface area contributed by atoms with Crippen molar-refractivity contribution in [3.8, 4) is 0 Å². The topological polar surface area (TPSA) is 20.3 Å². The maximum Gasteiger partial charge on any atom is 0.265 e. The van der Waals surface area contributed by atoms with Gasteiger partial charge in [0.2, 0.25) is 0 Å². The van der Waals surface area contributed by atoms with Gasteiger partial charge in [0.15, 0.2) is 0 Å². The molecule has 2 nitrogen and oxygen atoms in total. The van der Waals surface area contributed by atoms with Gasteiger partial charge < -0.3 is 0 Å². The molecule has 18 heavy (non-hydrogen) atoms. The summed E-state index contributed by atoms with van der Waals surface area (Å²) in [5.41, 5.74) is 0. The van der Waals surface area contributed by atoms with Crippen LogP contribution in [0.1, 0.15) is 39.0 Å². The van der Waals surface area contributed by atoms with E-state index in [2.05, 4.69) is 25.2 Å². The second-order valence-electron chi connectivity index (χ2n) is 4.75. The SMILES string of the molecule is CCCCN1C(=O)C(=CC2CC=CCC2)SC1=S. The molecule has 1 unspecified atom stereocenters. The Morgan fingerprint density at radius 2 is 2.39 bits per heavy atom. The predicted molar refractivity (Wildman–Crippen MR) is 81.4 cm³/mol. The third-order valence-electron chi connectivity index (χ3n) is 3.31. The molecular weight excluding hydrogens is 262 g/mol. The summed E-state index contributed by atoms with van der Waals surface area (Å²) in [5.74, 6) is 0.628. The lowest BCUT2D eigenvalue weighted by Gasteiger charge is -2.14. The van der Waals surface area contributed by atoms with Crippen LogP contribution in [0.15, 0.2) is 23.1 Å². The average molecular weight is 281 g/mol. The summed E-state index contributed by atoms with van der Waals surface area (Å²) in [6.45, 7) is 2.89. The van der Waals surface area contributed by atoms with Crippen LogP contribution < -0.4 is 0 Å². The van der Waals surface area contributed by atoms with Crippen molar-refractivity contribution in [2.75, 3.05) is 6.54 Å². The van der Waals surface area contributed by atoms with Crippen LogP contribution in [0.3, 0.4) is 0 Å². The number of nitrogens with zero attached hydrogens (tertiary/aromatic N) is 1. The molecule has 0 aromatic heterocycles. The van der Waals surface area contributed by atoms with E-state index in [-0.39, 0.29) is 5.91 Å². The van der Waals surface area contributed by atoms with E-state index in [1.165, 1.54) is 11.8 Å². The van der Waals surface area contributed by atoms with Gasteiger partial charge in [0, 0.05) is 6.54 Å².